The van der Waals surface area contributed by atoms with Crippen LogP contribution >= 0.6 is 0 Å². The molecule has 0 saturated carbocycles. The molecule has 6 nitrogen and oxygen atoms in total. The number of amides is 1. The molecule has 138 valence electrons. The zero-order chi connectivity index (χ0) is 18.7. The van der Waals surface area contributed by atoms with Gasteiger partial charge in [0.05, 0.1) is 12.0 Å². The molecule has 0 bridgehead atoms. The van der Waals surface area contributed by atoms with Crippen molar-refractivity contribution >= 4 is 15.9 Å². The Bertz CT molecular complexity index is 889. The predicted octanol–water partition coefficient (Wildman–Crippen LogP) is 2.15. The van der Waals surface area contributed by atoms with Gasteiger partial charge in [0.2, 0.25) is 10.0 Å². The largest absolute Gasteiger partial charge is 0.496 e. The van der Waals surface area contributed by atoms with Crippen molar-refractivity contribution in [3.63, 3.8) is 0 Å². The standard InChI is InChI=1S/C19H22N2O4S/c1-15-14-17(8-9-18(15)25-2)26(23,24)21-12-10-20(11-13-21)19(22)16-6-4-3-5-7-16/h3-9,14H,10-13H2,1-2H3. The van der Waals surface area contributed by atoms with Crippen molar-refractivity contribution in [2.75, 3.05) is 33.3 Å². The van der Waals surface area contributed by atoms with Crippen molar-refractivity contribution in [2.24, 2.45) is 0 Å². The molecule has 1 fully saturated rings. The Labute approximate surface area is 154 Å². The summed E-state index contributed by atoms with van der Waals surface area (Å²) in [5.74, 6) is 0.588. The SMILES string of the molecule is COc1ccc(S(=O)(=O)N2CCN(C(=O)c3ccccc3)CC2)cc1C. The van der Waals surface area contributed by atoms with Crippen molar-refractivity contribution in [1.82, 2.24) is 9.21 Å². The highest BCUT2D eigenvalue weighted by molar-refractivity contribution is 7.89. The van der Waals surface area contributed by atoms with Crippen LogP contribution in [0.1, 0.15) is 15.9 Å². The third kappa shape index (κ3) is 3.59. The Balaban J connectivity index is 1.71. The van der Waals surface area contributed by atoms with Gasteiger partial charge in [0.15, 0.2) is 0 Å². The topological polar surface area (TPSA) is 66.9 Å². The minimum absolute atomic E-state index is 0.0667. The average molecular weight is 374 g/mol. The molecule has 0 N–H and O–H groups in total. The molecule has 0 aromatic heterocycles. The van der Waals surface area contributed by atoms with Crippen LogP contribution in [0.2, 0.25) is 0 Å². The van der Waals surface area contributed by atoms with E-state index in [4.69, 9.17) is 4.74 Å². The lowest BCUT2D eigenvalue weighted by Crippen LogP contribution is -2.50. The Morgan fingerprint density at radius 3 is 2.23 bits per heavy atom. The smallest absolute Gasteiger partial charge is 0.253 e. The lowest BCUT2D eigenvalue weighted by molar-refractivity contribution is 0.0698. The molecule has 0 spiro atoms. The second kappa shape index (κ2) is 7.47. The zero-order valence-corrected chi connectivity index (χ0v) is 15.7. The fraction of sp³-hybridized carbons (Fsp3) is 0.316. The van der Waals surface area contributed by atoms with Crippen LogP contribution in [-0.4, -0.2) is 56.8 Å². The van der Waals surface area contributed by atoms with E-state index in [1.54, 1.807) is 42.3 Å². The fourth-order valence-electron chi connectivity index (χ4n) is 3.06. The molecular formula is C19H22N2O4S. The molecule has 0 aliphatic carbocycles. The van der Waals surface area contributed by atoms with Crippen molar-refractivity contribution in [2.45, 2.75) is 11.8 Å². The summed E-state index contributed by atoms with van der Waals surface area (Å²) in [6, 6.07) is 13.9. The highest BCUT2D eigenvalue weighted by Gasteiger charge is 2.30. The van der Waals surface area contributed by atoms with Crippen LogP contribution in [0.5, 0.6) is 5.75 Å². The predicted molar refractivity (Wildman–Crippen MR) is 98.8 cm³/mol. The molecule has 2 aromatic carbocycles. The summed E-state index contributed by atoms with van der Waals surface area (Å²) in [6.45, 7) is 3.14. The first kappa shape index (κ1) is 18.4. The lowest BCUT2D eigenvalue weighted by Gasteiger charge is -2.34. The number of nitrogens with zero attached hydrogens (tertiary/aromatic N) is 2. The van der Waals surface area contributed by atoms with Crippen LogP contribution in [0, 0.1) is 6.92 Å². The van der Waals surface area contributed by atoms with Gasteiger partial charge in [-0.05, 0) is 42.8 Å². The van der Waals surface area contributed by atoms with E-state index in [1.165, 1.54) is 4.31 Å². The normalized spacial score (nSPS) is 15.7. The Hall–Kier alpha value is -2.38. The van der Waals surface area contributed by atoms with Gasteiger partial charge in [-0.25, -0.2) is 8.42 Å². The van der Waals surface area contributed by atoms with Crippen molar-refractivity contribution in [1.29, 1.82) is 0 Å². The van der Waals surface area contributed by atoms with E-state index in [2.05, 4.69) is 0 Å². The van der Waals surface area contributed by atoms with Crippen LogP contribution < -0.4 is 4.74 Å². The van der Waals surface area contributed by atoms with Gasteiger partial charge in [0, 0.05) is 31.7 Å². The first-order valence-electron chi connectivity index (χ1n) is 8.42. The summed E-state index contributed by atoms with van der Waals surface area (Å²) in [5, 5.41) is 0. The van der Waals surface area contributed by atoms with Crippen LogP contribution in [0.15, 0.2) is 53.4 Å². The first-order chi connectivity index (χ1) is 12.4. The molecule has 0 unspecified atom stereocenters. The number of hydrogen-bond donors (Lipinski definition) is 0. The zero-order valence-electron chi connectivity index (χ0n) is 14.9. The van der Waals surface area contributed by atoms with Gasteiger partial charge in [-0.3, -0.25) is 4.79 Å². The molecule has 2 aromatic rings. The van der Waals surface area contributed by atoms with Gasteiger partial charge < -0.3 is 9.64 Å². The van der Waals surface area contributed by atoms with Crippen molar-refractivity contribution in [3.8, 4) is 5.75 Å². The summed E-state index contributed by atoms with van der Waals surface area (Å²) < 4.78 is 32.4. The molecule has 1 aliphatic rings. The van der Waals surface area contributed by atoms with E-state index < -0.39 is 10.0 Å². The monoisotopic (exact) mass is 374 g/mol. The van der Waals surface area contributed by atoms with Crippen molar-refractivity contribution < 1.29 is 17.9 Å². The van der Waals surface area contributed by atoms with E-state index in [9.17, 15) is 13.2 Å². The van der Waals surface area contributed by atoms with Crippen LogP contribution in [0.3, 0.4) is 0 Å². The number of benzene rings is 2. The third-order valence-corrected chi connectivity index (χ3v) is 6.45. The van der Waals surface area contributed by atoms with E-state index in [-0.39, 0.29) is 23.9 Å². The van der Waals surface area contributed by atoms with E-state index in [1.807, 2.05) is 25.1 Å². The van der Waals surface area contributed by atoms with E-state index >= 15 is 0 Å². The van der Waals surface area contributed by atoms with Gasteiger partial charge in [-0.2, -0.15) is 4.31 Å². The molecule has 1 aliphatic heterocycles. The summed E-state index contributed by atoms with van der Waals surface area (Å²) in [7, 11) is -2.03. The first-order valence-corrected chi connectivity index (χ1v) is 9.86. The third-order valence-electron chi connectivity index (χ3n) is 4.55. The van der Waals surface area contributed by atoms with Crippen LogP contribution in [-0.2, 0) is 10.0 Å². The maximum Gasteiger partial charge on any atom is 0.253 e. The number of ether oxygens (including phenoxy) is 1. The molecular weight excluding hydrogens is 352 g/mol. The van der Waals surface area contributed by atoms with Gasteiger partial charge >= 0.3 is 0 Å². The number of sulfonamides is 1. The van der Waals surface area contributed by atoms with E-state index in [0.717, 1.165) is 5.56 Å². The van der Waals surface area contributed by atoms with Gasteiger partial charge in [0.25, 0.3) is 5.91 Å². The maximum atomic E-state index is 12.9. The lowest BCUT2D eigenvalue weighted by atomic mass is 10.2. The highest BCUT2D eigenvalue weighted by atomic mass is 32.2. The average Bonchev–Trinajstić information content (AvgIpc) is 2.68. The molecule has 1 amide bonds. The van der Waals surface area contributed by atoms with Gasteiger partial charge in [-0.15, -0.1) is 0 Å². The molecule has 1 heterocycles. The highest BCUT2D eigenvalue weighted by Crippen LogP contribution is 2.24. The molecule has 3 rings (SSSR count). The second-order valence-corrected chi connectivity index (χ2v) is 8.13. The summed E-state index contributed by atoms with van der Waals surface area (Å²) in [5.41, 5.74) is 1.39. The number of piperazine rings is 1. The number of methoxy groups -OCH3 is 1. The molecule has 0 radical (unpaired) electrons. The maximum absolute atomic E-state index is 12.9. The summed E-state index contributed by atoms with van der Waals surface area (Å²) >= 11 is 0. The Morgan fingerprint density at radius 1 is 1.00 bits per heavy atom. The summed E-state index contributed by atoms with van der Waals surface area (Å²) in [4.78, 5) is 14.4. The van der Waals surface area contributed by atoms with Gasteiger partial charge in [0.1, 0.15) is 5.75 Å². The quantitative estimate of drug-likeness (QED) is 0.822. The molecule has 0 atom stereocenters. The minimum Gasteiger partial charge on any atom is -0.496 e. The molecule has 26 heavy (non-hydrogen) atoms. The molecule has 1 saturated heterocycles. The minimum atomic E-state index is -3.58. The van der Waals surface area contributed by atoms with Crippen molar-refractivity contribution in [3.05, 3.63) is 59.7 Å². The summed E-state index contributed by atoms with van der Waals surface area (Å²) in [6.07, 6.45) is 0. The molecule has 7 heteroatoms. The number of carbonyl (C=O) groups excluding carboxylic acids is 1. The second-order valence-electron chi connectivity index (χ2n) is 6.19. The number of aryl methyl sites for hydroxylation is 1. The fourth-order valence-corrected chi connectivity index (χ4v) is 4.56. The Morgan fingerprint density at radius 2 is 1.65 bits per heavy atom. The van der Waals surface area contributed by atoms with Crippen LogP contribution in [0.4, 0.5) is 0 Å². The van der Waals surface area contributed by atoms with Gasteiger partial charge in [-0.1, -0.05) is 18.2 Å². The number of hydrogen-bond acceptors (Lipinski definition) is 4. The Kier molecular flexibility index (Phi) is 5.29. The number of carbonyl (C=O) groups is 1. The van der Waals surface area contributed by atoms with Crippen LogP contribution in [0.25, 0.3) is 0 Å². The van der Waals surface area contributed by atoms with E-state index in [0.29, 0.717) is 24.4 Å². The number of rotatable bonds is 4.